The average Bonchev–Trinajstić information content (AvgIpc) is 2.97. The number of allylic oxidation sites excluding steroid dienone is 7. The summed E-state index contributed by atoms with van der Waals surface area (Å²) < 4.78 is 18.9. The molecule has 0 bridgehead atoms. The predicted molar refractivity (Wildman–Crippen MR) is 150 cm³/mol. The van der Waals surface area contributed by atoms with Crippen LogP contribution in [0.5, 0.6) is 5.75 Å². The first-order chi connectivity index (χ1) is 18.6. The molecule has 5 heteroatoms. The molecule has 0 saturated heterocycles. The first-order valence-corrected chi connectivity index (χ1v) is 13.2. The van der Waals surface area contributed by atoms with Crippen molar-refractivity contribution in [2.75, 3.05) is 25.1 Å². The van der Waals surface area contributed by atoms with E-state index in [9.17, 15) is 4.79 Å². The lowest BCUT2D eigenvalue weighted by molar-refractivity contribution is -0.136. The van der Waals surface area contributed by atoms with Gasteiger partial charge in [-0.15, -0.1) is 0 Å². The van der Waals surface area contributed by atoms with E-state index in [1.165, 1.54) is 7.11 Å². The van der Waals surface area contributed by atoms with Crippen LogP contribution in [0, 0.1) is 5.92 Å². The lowest BCUT2D eigenvalue weighted by atomic mass is 9.73. The second kappa shape index (κ2) is 9.56. The molecule has 6 rings (SSSR count). The Balaban J connectivity index is 1.50. The number of fused-ring (bicyclic) bond motifs is 4. The van der Waals surface area contributed by atoms with Gasteiger partial charge in [0.15, 0.2) is 11.7 Å². The number of carbonyl (C=O) groups excluding carboxylic acids is 1. The number of rotatable bonds is 5. The number of anilines is 1. The van der Waals surface area contributed by atoms with Gasteiger partial charge in [-0.3, -0.25) is 0 Å². The van der Waals surface area contributed by atoms with Gasteiger partial charge in [-0.1, -0.05) is 60.7 Å². The highest BCUT2D eigenvalue weighted by molar-refractivity contribution is 5.92. The fourth-order valence-electron chi connectivity index (χ4n) is 5.80. The maximum atomic E-state index is 12.8. The number of carbonyl (C=O) groups is 1. The van der Waals surface area contributed by atoms with Gasteiger partial charge in [0.25, 0.3) is 0 Å². The van der Waals surface area contributed by atoms with Crippen LogP contribution in [0.4, 0.5) is 5.69 Å². The summed E-state index contributed by atoms with van der Waals surface area (Å²) in [5.41, 5.74) is 4.76. The van der Waals surface area contributed by atoms with E-state index in [1.807, 2.05) is 48.6 Å². The first-order valence-electron chi connectivity index (χ1n) is 13.2. The van der Waals surface area contributed by atoms with Crippen molar-refractivity contribution in [3.63, 3.8) is 0 Å². The summed E-state index contributed by atoms with van der Waals surface area (Å²) in [6.45, 7) is 6.14. The predicted octanol–water partition coefficient (Wildman–Crippen LogP) is 6.48. The SMILES string of the molecule is CCN(CC)c1ccc2c(c1)OC1(C=C2)C=C2C(=CC=C3C=CC=C(C(=O)OC)C32)OC1c1ccccc1. The minimum atomic E-state index is -0.909. The normalized spacial score (nSPS) is 24.4. The molecule has 2 aromatic rings. The fraction of sp³-hybridized carbons (Fsp3) is 0.242. The topological polar surface area (TPSA) is 48.0 Å². The van der Waals surface area contributed by atoms with E-state index in [-0.39, 0.29) is 11.9 Å². The van der Waals surface area contributed by atoms with Crippen LogP contribution < -0.4 is 9.64 Å². The molecule has 3 atom stereocenters. The highest BCUT2D eigenvalue weighted by Gasteiger charge is 2.49. The first kappa shape index (κ1) is 24.1. The average molecular weight is 506 g/mol. The number of ether oxygens (including phenoxy) is 3. The van der Waals surface area contributed by atoms with Crippen LogP contribution in [0.3, 0.4) is 0 Å². The summed E-state index contributed by atoms with van der Waals surface area (Å²) in [7, 11) is 1.42. The molecule has 4 aliphatic rings. The number of esters is 1. The van der Waals surface area contributed by atoms with Gasteiger partial charge in [-0.25, -0.2) is 4.79 Å². The molecular formula is C33H31NO4. The van der Waals surface area contributed by atoms with Gasteiger partial charge in [0.05, 0.1) is 7.11 Å². The minimum Gasteiger partial charge on any atom is -0.480 e. The summed E-state index contributed by atoms with van der Waals surface area (Å²) in [6, 6.07) is 16.5. The molecule has 2 aromatic carbocycles. The molecule has 2 aliphatic carbocycles. The monoisotopic (exact) mass is 505 g/mol. The number of benzene rings is 2. The van der Waals surface area contributed by atoms with Crippen molar-refractivity contribution < 1.29 is 19.0 Å². The van der Waals surface area contributed by atoms with E-state index < -0.39 is 11.7 Å². The van der Waals surface area contributed by atoms with E-state index in [0.717, 1.165) is 52.6 Å². The molecule has 3 unspecified atom stereocenters. The largest absolute Gasteiger partial charge is 0.480 e. The zero-order valence-corrected chi connectivity index (χ0v) is 21.9. The van der Waals surface area contributed by atoms with Gasteiger partial charge in [-0.05, 0) is 55.3 Å². The Labute approximate surface area is 223 Å². The van der Waals surface area contributed by atoms with Crippen LogP contribution in [-0.4, -0.2) is 31.8 Å². The van der Waals surface area contributed by atoms with E-state index in [2.05, 4.69) is 67.3 Å². The summed E-state index contributed by atoms with van der Waals surface area (Å²) in [4.78, 5) is 15.1. The Morgan fingerprint density at radius 2 is 1.84 bits per heavy atom. The van der Waals surface area contributed by atoms with Crippen LogP contribution in [0.15, 0.2) is 114 Å². The smallest absolute Gasteiger partial charge is 0.334 e. The number of hydrogen-bond acceptors (Lipinski definition) is 5. The quantitative estimate of drug-likeness (QED) is 0.435. The molecule has 0 N–H and O–H groups in total. The zero-order chi connectivity index (χ0) is 26.3. The highest BCUT2D eigenvalue weighted by Crippen LogP contribution is 2.51. The van der Waals surface area contributed by atoms with Crippen molar-refractivity contribution >= 4 is 17.7 Å². The molecule has 192 valence electrons. The van der Waals surface area contributed by atoms with Crippen LogP contribution in [0.1, 0.15) is 31.1 Å². The van der Waals surface area contributed by atoms with Crippen LogP contribution in [-0.2, 0) is 14.3 Å². The zero-order valence-electron chi connectivity index (χ0n) is 21.9. The molecule has 2 aliphatic heterocycles. The van der Waals surface area contributed by atoms with Crippen LogP contribution >= 0.6 is 0 Å². The lowest BCUT2D eigenvalue weighted by Crippen LogP contribution is -2.45. The van der Waals surface area contributed by atoms with E-state index >= 15 is 0 Å². The molecule has 0 aromatic heterocycles. The maximum absolute atomic E-state index is 12.8. The number of methoxy groups -OCH3 is 1. The molecule has 0 radical (unpaired) electrons. The maximum Gasteiger partial charge on any atom is 0.334 e. The second-order valence-corrected chi connectivity index (χ2v) is 9.79. The summed E-state index contributed by atoms with van der Waals surface area (Å²) in [6.07, 6.45) is 15.7. The Bertz CT molecular complexity index is 1460. The Morgan fingerprint density at radius 1 is 1.03 bits per heavy atom. The van der Waals surface area contributed by atoms with Crippen molar-refractivity contribution in [2.45, 2.75) is 25.6 Å². The van der Waals surface area contributed by atoms with Crippen LogP contribution in [0.2, 0.25) is 0 Å². The van der Waals surface area contributed by atoms with Crippen molar-refractivity contribution in [3.05, 3.63) is 125 Å². The highest BCUT2D eigenvalue weighted by atomic mass is 16.6. The van der Waals surface area contributed by atoms with Gasteiger partial charge in [0.1, 0.15) is 11.5 Å². The fourth-order valence-corrected chi connectivity index (χ4v) is 5.80. The Kier molecular flexibility index (Phi) is 6.07. The summed E-state index contributed by atoms with van der Waals surface area (Å²) in [5, 5.41) is 0. The molecule has 0 saturated carbocycles. The van der Waals surface area contributed by atoms with Crippen LogP contribution in [0.25, 0.3) is 6.08 Å². The lowest BCUT2D eigenvalue weighted by Gasteiger charge is -2.45. The van der Waals surface area contributed by atoms with Crippen molar-refractivity contribution in [1.29, 1.82) is 0 Å². The third-order valence-corrected chi connectivity index (χ3v) is 7.73. The molecule has 5 nitrogen and oxygen atoms in total. The van der Waals surface area contributed by atoms with Gasteiger partial charge in [0.2, 0.25) is 0 Å². The van der Waals surface area contributed by atoms with Gasteiger partial charge >= 0.3 is 5.97 Å². The molecule has 1 spiro atoms. The van der Waals surface area contributed by atoms with E-state index in [4.69, 9.17) is 14.2 Å². The summed E-state index contributed by atoms with van der Waals surface area (Å²) >= 11 is 0. The van der Waals surface area contributed by atoms with Crippen molar-refractivity contribution in [1.82, 2.24) is 0 Å². The number of nitrogens with zero attached hydrogens (tertiary/aromatic N) is 1. The Morgan fingerprint density at radius 3 is 2.61 bits per heavy atom. The third kappa shape index (κ3) is 3.90. The summed E-state index contributed by atoms with van der Waals surface area (Å²) in [5.74, 6) is 0.912. The van der Waals surface area contributed by atoms with Crippen molar-refractivity contribution in [3.8, 4) is 5.75 Å². The van der Waals surface area contributed by atoms with E-state index in [1.54, 1.807) is 0 Å². The number of hydrogen-bond donors (Lipinski definition) is 0. The van der Waals surface area contributed by atoms with Gasteiger partial charge in [-0.2, -0.15) is 0 Å². The standard InChI is InChI=1S/C33H31NO4/c1-4-34(5-2)25-16-14-22-18-19-33(38-29(22)20-25)21-27-28(37-31(33)24-10-7-6-8-11-24)17-15-23-12-9-13-26(30(23)27)32(35)36-3/h6-21,30-31H,4-5H2,1-3H3. The van der Waals surface area contributed by atoms with Gasteiger partial charge < -0.3 is 19.1 Å². The van der Waals surface area contributed by atoms with E-state index in [0.29, 0.717) is 5.57 Å². The molecule has 0 amide bonds. The second-order valence-electron chi connectivity index (χ2n) is 9.79. The molecule has 0 fully saturated rings. The minimum absolute atomic E-state index is 0.290. The van der Waals surface area contributed by atoms with Crippen molar-refractivity contribution in [2.24, 2.45) is 5.92 Å². The third-order valence-electron chi connectivity index (χ3n) is 7.73. The Hall–Kier alpha value is -4.25. The molecule has 38 heavy (non-hydrogen) atoms. The molecular weight excluding hydrogens is 474 g/mol. The molecule has 2 heterocycles. The van der Waals surface area contributed by atoms with Gasteiger partial charge in [0, 0.05) is 47.5 Å².